The highest BCUT2D eigenvalue weighted by molar-refractivity contribution is 5.45. The van der Waals surface area contributed by atoms with E-state index in [4.69, 9.17) is 0 Å². The van der Waals surface area contributed by atoms with Gasteiger partial charge in [-0.3, -0.25) is 4.90 Å². The van der Waals surface area contributed by atoms with Crippen LogP contribution in [0, 0.1) is 0 Å². The van der Waals surface area contributed by atoms with Gasteiger partial charge in [-0.25, -0.2) is 0 Å². The van der Waals surface area contributed by atoms with Gasteiger partial charge in [-0.05, 0) is 44.0 Å². The van der Waals surface area contributed by atoms with E-state index in [9.17, 15) is 0 Å². The molecule has 1 atom stereocenters. The van der Waals surface area contributed by atoms with Gasteiger partial charge in [-0.2, -0.15) is 0 Å². The predicted octanol–water partition coefficient (Wildman–Crippen LogP) is 3.13. The number of anilines is 1. The summed E-state index contributed by atoms with van der Waals surface area (Å²) in [6.07, 6.45) is 4.12. The number of benzene rings is 1. The zero-order valence-electron chi connectivity index (χ0n) is 11.3. The molecule has 1 heterocycles. The van der Waals surface area contributed by atoms with Crippen LogP contribution in [0.3, 0.4) is 0 Å². The normalized spacial score (nSPS) is 21.5. The average molecular weight is 232 g/mol. The smallest absolute Gasteiger partial charge is 0.0361 e. The fourth-order valence-electron chi connectivity index (χ4n) is 2.53. The molecule has 0 N–H and O–H groups in total. The molecule has 1 aromatic carbocycles. The Morgan fingerprint density at radius 1 is 1.18 bits per heavy atom. The predicted molar refractivity (Wildman–Crippen MR) is 74.5 cm³/mol. The SMILES string of the molecule is C[C@H]1CCCCN1Cc1ccc(N(C)C)cc1. The monoisotopic (exact) mass is 232 g/mol. The first-order valence-electron chi connectivity index (χ1n) is 6.67. The zero-order valence-corrected chi connectivity index (χ0v) is 11.3. The molecule has 0 spiro atoms. The fraction of sp³-hybridized carbons (Fsp3) is 0.600. The van der Waals surface area contributed by atoms with Crippen LogP contribution in [0.2, 0.25) is 0 Å². The molecule has 0 saturated carbocycles. The Kier molecular flexibility index (Phi) is 4.06. The van der Waals surface area contributed by atoms with Gasteiger partial charge in [0.25, 0.3) is 0 Å². The number of likely N-dealkylation sites (tertiary alicyclic amines) is 1. The summed E-state index contributed by atoms with van der Waals surface area (Å²) in [5, 5.41) is 0. The molecular formula is C15H24N2. The molecule has 1 aliphatic rings. The minimum atomic E-state index is 0.747. The molecule has 2 rings (SSSR count). The maximum atomic E-state index is 2.61. The van der Waals surface area contributed by atoms with E-state index >= 15 is 0 Å². The lowest BCUT2D eigenvalue weighted by atomic mass is 10.0. The van der Waals surface area contributed by atoms with Crippen molar-refractivity contribution in [2.45, 2.75) is 38.8 Å². The van der Waals surface area contributed by atoms with Crippen molar-refractivity contribution in [1.29, 1.82) is 0 Å². The second-order valence-corrected chi connectivity index (χ2v) is 5.38. The fourth-order valence-corrected chi connectivity index (χ4v) is 2.53. The number of rotatable bonds is 3. The maximum Gasteiger partial charge on any atom is 0.0361 e. The zero-order chi connectivity index (χ0) is 12.3. The Labute approximate surface area is 105 Å². The quantitative estimate of drug-likeness (QED) is 0.790. The summed E-state index contributed by atoms with van der Waals surface area (Å²) in [7, 11) is 4.17. The van der Waals surface area contributed by atoms with Gasteiger partial charge >= 0.3 is 0 Å². The highest BCUT2D eigenvalue weighted by Crippen LogP contribution is 2.20. The molecule has 0 radical (unpaired) electrons. The van der Waals surface area contributed by atoms with E-state index in [0.29, 0.717) is 0 Å². The molecular weight excluding hydrogens is 208 g/mol. The lowest BCUT2D eigenvalue weighted by Gasteiger charge is -2.33. The topological polar surface area (TPSA) is 6.48 Å². The van der Waals surface area contributed by atoms with Gasteiger partial charge in [0.1, 0.15) is 0 Å². The Morgan fingerprint density at radius 3 is 2.47 bits per heavy atom. The van der Waals surface area contributed by atoms with Crippen molar-refractivity contribution in [2.75, 3.05) is 25.5 Å². The summed E-state index contributed by atoms with van der Waals surface area (Å²) >= 11 is 0. The van der Waals surface area contributed by atoms with Crippen LogP contribution in [0.25, 0.3) is 0 Å². The third kappa shape index (κ3) is 3.22. The highest BCUT2D eigenvalue weighted by Gasteiger charge is 2.17. The number of piperidine rings is 1. The van der Waals surface area contributed by atoms with Gasteiger partial charge in [0.15, 0.2) is 0 Å². The molecule has 0 aromatic heterocycles. The molecule has 2 heteroatoms. The number of hydrogen-bond acceptors (Lipinski definition) is 2. The maximum absolute atomic E-state index is 2.61. The Hall–Kier alpha value is -1.02. The largest absolute Gasteiger partial charge is 0.378 e. The Bertz CT molecular complexity index is 342. The van der Waals surface area contributed by atoms with Gasteiger partial charge in [-0.1, -0.05) is 18.6 Å². The van der Waals surface area contributed by atoms with Crippen molar-refractivity contribution >= 4 is 5.69 Å². The van der Waals surface area contributed by atoms with Crippen molar-refractivity contribution in [3.8, 4) is 0 Å². The van der Waals surface area contributed by atoms with Crippen molar-refractivity contribution in [1.82, 2.24) is 4.90 Å². The number of hydrogen-bond donors (Lipinski definition) is 0. The second-order valence-electron chi connectivity index (χ2n) is 5.38. The first-order chi connectivity index (χ1) is 8.16. The molecule has 0 bridgehead atoms. The lowest BCUT2D eigenvalue weighted by Crippen LogP contribution is -2.36. The Morgan fingerprint density at radius 2 is 1.88 bits per heavy atom. The van der Waals surface area contributed by atoms with Gasteiger partial charge in [-0.15, -0.1) is 0 Å². The molecule has 0 amide bonds. The van der Waals surface area contributed by atoms with E-state index < -0.39 is 0 Å². The van der Waals surface area contributed by atoms with E-state index in [1.54, 1.807) is 0 Å². The lowest BCUT2D eigenvalue weighted by molar-refractivity contribution is 0.152. The molecule has 0 aliphatic carbocycles. The van der Waals surface area contributed by atoms with E-state index in [0.717, 1.165) is 12.6 Å². The average Bonchev–Trinajstić information content (AvgIpc) is 2.33. The van der Waals surface area contributed by atoms with Crippen LogP contribution in [-0.4, -0.2) is 31.6 Å². The molecule has 1 aromatic rings. The number of nitrogens with zero attached hydrogens (tertiary/aromatic N) is 2. The molecule has 1 aliphatic heterocycles. The second kappa shape index (κ2) is 5.54. The van der Waals surface area contributed by atoms with E-state index in [1.165, 1.54) is 37.1 Å². The van der Waals surface area contributed by atoms with Crippen molar-refractivity contribution in [2.24, 2.45) is 0 Å². The molecule has 94 valence electrons. The van der Waals surface area contributed by atoms with E-state index in [2.05, 4.69) is 55.1 Å². The molecule has 0 unspecified atom stereocenters. The van der Waals surface area contributed by atoms with Gasteiger partial charge < -0.3 is 4.90 Å². The third-order valence-electron chi connectivity index (χ3n) is 3.78. The van der Waals surface area contributed by atoms with Crippen LogP contribution < -0.4 is 4.90 Å². The first-order valence-corrected chi connectivity index (χ1v) is 6.67. The molecule has 1 fully saturated rings. The van der Waals surface area contributed by atoms with Crippen molar-refractivity contribution < 1.29 is 0 Å². The van der Waals surface area contributed by atoms with Crippen LogP contribution in [0.15, 0.2) is 24.3 Å². The molecule has 17 heavy (non-hydrogen) atoms. The van der Waals surface area contributed by atoms with Crippen LogP contribution in [0.4, 0.5) is 5.69 Å². The van der Waals surface area contributed by atoms with Crippen LogP contribution >= 0.6 is 0 Å². The van der Waals surface area contributed by atoms with Crippen LogP contribution in [0.1, 0.15) is 31.7 Å². The minimum absolute atomic E-state index is 0.747. The van der Waals surface area contributed by atoms with Crippen molar-refractivity contribution in [3.63, 3.8) is 0 Å². The standard InChI is InChI=1S/C15H24N2/c1-13-6-4-5-11-17(13)12-14-7-9-15(10-8-14)16(2)3/h7-10,13H,4-6,11-12H2,1-3H3/t13-/m0/s1. The molecule has 1 saturated heterocycles. The van der Waals surface area contributed by atoms with E-state index in [1.807, 2.05) is 0 Å². The van der Waals surface area contributed by atoms with E-state index in [-0.39, 0.29) is 0 Å². The molecule has 2 nitrogen and oxygen atoms in total. The van der Waals surface area contributed by atoms with Gasteiger partial charge in [0, 0.05) is 32.4 Å². The first kappa shape index (κ1) is 12.4. The third-order valence-corrected chi connectivity index (χ3v) is 3.78. The summed E-state index contributed by atoms with van der Waals surface area (Å²) < 4.78 is 0. The summed E-state index contributed by atoms with van der Waals surface area (Å²) in [4.78, 5) is 4.75. The minimum Gasteiger partial charge on any atom is -0.378 e. The summed E-state index contributed by atoms with van der Waals surface area (Å²) in [5.74, 6) is 0. The van der Waals surface area contributed by atoms with Gasteiger partial charge in [0.2, 0.25) is 0 Å². The summed E-state index contributed by atoms with van der Waals surface area (Å²) in [5.41, 5.74) is 2.71. The highest BCUT2D eigenvalue weighted by atomic mass is 15.2. The van der Waals surface area contributed by atoms with Crippen LogP contribution in [-0.2, 0) is 6.54 Å². The van der Waals surface area contributed by atoms with Gasteiger partial charge in [0.05, 0.1) is 0 Å². The van der Waals surface area contributed by atoms with Crippen molar-refractivity contribution in [3.05, 3.63) is 29.8 Å². The Balaban J connectivity index is 1.98. The summed E-state index contributed by atoms with van der Waals surface area (Å²) in [6.45, 7) is 4.72. The van der Waals surface area contributed by atoms with Crippen LogP contribution in [0.5, 0.6) is 0 Å². The summed E-state index contributed by atoms with van der Waals surface area (Å²) in [6, 6.07) is 9.69.